The number of carbonyl (C=O) groups excluding carboxylic acids is 1. The minimum atomic E-state index is 0.0426. The van der Waals surface area contributed by atoms with E-state index in [0.717, 1.165) is 37.5 Å². The predicted octanol–water partition coefficient (Wildman–Crippen LogP) is 1.49. The van der Waals surface area contributed by atoms with Crippen molar-refractivity contribution in [2.24, 2.45) is 0 Å². The van der Waals surface area contributed by atoms with Gasteiger partial charge in [0.25, 0.3) is 0 Å². The van der Waals surface area contributed by atoms with Gasteiger partial charge in [-0.3, -0.25) is 4.79 Å². The molecule has 21 heavy (non-hydrogen) atoms. The van der Waals surface area contributed by atoms with Crippen LogP contribution in [-0.4, -0.2) is 63.2 Å². The zero-order chi connectivity index (χ0) is 15.2. The maximum Gasteiger partial charge on any atom is 0.246 e. The number of piperazine rings is 1. The fraction of sp³-hybridized carbons (Fsp3) is 0.438. The summed E-state index contributed by atoms with van der Waals surface area (Å²) in [6, 6.07) is 5.54. The molecule has 0 bridgehead atoms. The Bertz CT molecular complexity index is 520. The number of hydrogen-bond acceptors (Lipinski definition) is 4. The van der Waals surface area contributed by atoms with Crippen molar-refractivity contribution in [1.29, 1.82) is 0 Å². The Balaban J connectivity index is 2.05. The van der Waals surface area contributed by atoms with Crippen LogP contribution in [0.2, 0.25) is 0 Å². The van der Waals surface area contributed by atoms with E-state index in [9.17, 15) is 4.79 Å². The smallest absolute Gasteiger partial charge is 0.246 e. The first kappa shape index (κ1) is 15.4. The zero-order valence-corrected chi connectivity index (χ0v) is 12.8. The average Bonchev–Trinajstić information content (AvgIpc) is 2.53. The fourth-order valence-corrected chi connectivity index (χ4v) is 2.25. The molecule has 0 atom stereocenters. The van der Waals surface area contributed by atoms with Crippen LogP contribution in [-0.2, 0) is 4.79 Å². The molecule has 1 aromatic rings. The van der Waals surface area contributed by atoms with Gasteiger partial charge in [-0.2, -0.15) is 0 Å². The highest BCUT2D eigenvalue weighted by atomic mass is 16.5. The third kappa shape index (κ3) is 3.98. The number of nitrogens with zero attached hydrogens (tertiary/aromatic N) is 2. The number of likely N-dealkylation sites (N-methyl/N-ethyl adjacent to an activating group) is 1. The monoisotopic (exact) mass is 290 g/mol. The van der Waals surface area contributed by atoms with E-state index in [1.807, 2.05) is 17.0 Å². The lowest BCUT2D eigenvalue weighted by Crippen LogP contribution is -2.46. The number of methoxy groups -OCH3 is 2. The Hall–Kier alpha value is -2.01. The van der Waals surface area contributed by atoms with Crippen molar-refractivity contribution in [1.82, 2.24) is 9.80 Å². The van der Waals surface area contributed by atoms with Crippen molar-refractivity contribution >= 4 is 12.0 Å². The van der Waals surface area contributed by atoms with Gasteiger partial charge >= 0.3 is 0 Å². The molecule has 0 N–H and O–H groups in total. The van der Waals surface area contributed by atoms with Crippen LogP contribution < -0.4 is 9.47 Å². The number of hydrogen-bond donors (Lipinski definition) is 0. The van der Waals surface area contributed by atoms with E-state index in [-0.39, 0.29) is 5.91 Å². The Kier molecular flexibility index (Phi) is 5.22. The molecule has 1 aromatic carbocycles. The minimum absolute atomic E-state index is 0.0426. The molecular formula is C16H22N2O3. The van der Waals surface area contributed by atoms with Crippen LogP contribution in [0.15, 0.2) is 24.3 Å². The molecule has 1 aliphatic rings. The molecule has 5 heteroatoms. The molecule has 0 radical (unpaired) electrons. The second kappa shape index (κ2) is 7.13. The summed E-state index contributed by atoms with van der Waals surface area (Å²) in [6.45, 7) is 3.40. The van der Waals surface area contributed by atoms with E-state index < -0.39 is 0 Å². The third-order valence-corrected chi connectivity index (χ3v) is 3.66. The lowest BCUT2D eigenvalue weighted by atomic mass is 10.1. The summed E-state index contributed by atoms with van der Waals surface area (Å²) in [5.41, 5.74) is 0.862. The molecular weight excluding hydrogens is 268 g/mol. The van der Waals surface area contributed by atoms with Crippen LogP contribution >= 0.6 is 0 Å². The predicted molar refractivity (Wildman–Crippen MR) is 82.7 cm³/mol. The van der Waals surface area contributed by atoms with Crippen molar-refractivity contribution in [3.63, 3.8) is 0 Å². The number of benzene rings is 1. The highest BCUT2D eigenvalue weighted by Crippen LogP contribution is 2.25. The zero-order valence-electron chi connectivity index (χ0n) is 12.8. The number of ether oxygens (including phenoxy) is 2. The van der Waals surface area contributed by atoms with Gasteiger partial charge in [0.2, 0.25) is 5.91 Å². The first-order valence-corrected chi connectivity index (χ1v) is 7.01. The van der Waals surface area contributed by atoms with E-state index in [1.54, 1.807) is 32.4 Å². The Morgan fingerprint density at radius 3 is 2.48 bits per heavy atom. The Morgan fingerprint density at radius 1 is 1.14 bits per heavy atom. The summed E-state index contributed by atoms with van der Waals surface area (Å²) < 4.78 is 10.5. The van der Waals surface area contributed by atoms with Gasteiger partial charge in [-0.25, -0.2) is 0 Å². The van der Waals surface area contributed by atoms with Gasteiger partial charge in [0, 0.05) is 43.9 Å². The van der Waals surface area contributed by atoms with Crippen molar-refractivity contribution in [2.45, 2.75) is 0 Å². The molecule has 1 heterocycles. The molecule has 0 spiro atoms. The summed E-state index contributed by atoms with van der Waals surface area (Å²) in [5.74, 6) is 1.46. The van der Waals surface area contributed by atoms with Crippen molar-refractivity contribution < 1.29 is 14.3 Å². The van der Waals surface area contributed by atoms with E-state index >= 15 is 0 Å². The van der Waals surface area contributed by atoms with Crippen LogP contribution in [0.3, 0.4) is 0 Å². The van der Waals surface area contributed by atoms with E-state index in [1.165, 1.54) is 0 Å². The molecule has 0 saturated carbocycles. The summed E-state index contributed by atoms with van der Waals surface area (Å²) in [5, 5.41) is 0. The van der Waals surface area contributed by atoms with Gasteiger partial charge in [0.1, 0.15) is 11.5 Å². The number of amides is 1. The first-order chi connectivity index (χ1) is 10.1. The van der Waals surface area contributed by atoms with E-state index in [2.05, 4.69) is 11.9 Å². The average molecular weight is 290 g/mol. The van der Waals surface area contributed by atoms with Crippen LogP contribution in [0.1, 0.15) is 5.56 Å². The maximum atomic E-state index is 12.2. The topological polar surface area (TPSA) is 42.0 Å². The van der Waals surface area contributed by atoms with Gasteiger partial charge in [0.15, 0.2) is 0 Å². The molecule has 1 saturated heterocycles. The molecule has 1 amide bonds. The van der Waals surface area contributed by atoms with Crippen LogP contribution in [0.5, 0.6) is 11.5 Å². The molecule has 2 rings (SSSR count). The quantitative estimate of drug-likeness (QED) is 0.788. The second-order valence-corrected chi connectivity index (χ2v) is 5.07. The molecule has 0 aliphatic carbocycles. The van der Waals surface area contributed by atoms with E-state index in [0.29, 0.717) is 5.75 Å². The minimum Gasteiger partial charge on any atom is -0.497 e. The maximum absolute atomic E-state index is 12.2. The summed E-state index contributed by atoms with van der Waals surface area (Å²) in [7, 11) is 5.29. The normalized spacial score (nSPS) is 16.2. The van der Waals surface area contributed by atoms with Crippen molar-refractivity contribution in [3.05, 3.63) is 29.8 Å². The number of rotatable bonds is 4. The van der Waals surface area contributed by atoms with E-state index in [4.69, 9.17) is 9.47 Å². The van der Waals surface area contributed by atoms with Crippen LogP contribution in [0.25, 0.3) is 6.08 Å². The molecule has 0 unspecified atom stereocenters. The van der Waals surface area contributed by atoms with Gasteiger partial charge in [-0.05, 0) is 25.3 Å². The van der Waals surface area contributed by atoms with Gasteiger partial charge in [0.05, 0.1) is 14.2 Å². The highest BCUT2D eigenvalue weighted by Gasteiger charge is 2.16. The van der Waals surface area contributed by atoms with Crippen LogP contribution in [0, 0.1) is 0 Å². The van der Waals surface area contributed by atoms with Gasteiger partial charge in [-0.15, -0.1) is 0 Å². The fourth-order valence-electron chi connectivity index (χ4n) is 2.25. The first-order valence-electron chi connectivity index (χ1n) is 7.01. The van der Waals surface area contributed by atoms with Crippen molar-refractivity contribution in [2.75, 3.05) is 47.4 Å². The number of carbonyl (C=O) groups is 1. The lowest BCUT2D eigenvalue weighted by Gasteiger charge is -2.31. The van der Waals surface area contributed by atoms with Crippen LogP contribution in [0.4, 0.5) is 0 Å². The van der Waals surface area contributed by atoms with Gasteiger partial charge in [-0.1, -0.05) is 0 Å². The summed E-state index contributed by atoms with van der Waals surface area (Å²) in [6.07, 6.45) is 3.40. The molecule has 0 aromatic heterocycles. The lowest BCUT2D eigenvalue weighted by molar-refractivity contribution is -0.127. The van der Waals surface area contributed by atoms with Crippen molar-refractivity contribution in [3.8, 4) is 11.5 Å². The Labute approximate surface area is 125 Å². The molecule has 1 aliphatic heterocycles. The second-order valence-electron chi connectivity index (χ2n) is 5.07. The molecule has 1 fully saturated rings. The Morgan fingerprint density at radius 2 is 1.86 bits per heavy atom. The molecule has 5 nitrogen and oxygen atoms in total. The third-order valence-electron chi connectivity index (χ3n) is 3.66. The summed E-state index contributed by atoms with van der Waals surface area (Å²) in [4.78, 5) is 16.2. The summed E-state index contributed by atoms with van der Waals surface area (Å²) >= 11 is 0. The standard InChI is InChI=1S/C16H22N2O3/c1-17-8-10-18(11-9-17)16(19)7-5-13-4-6-14(20-2)12-15(13)21-3/h4-7,12H,8-11H2,1-3H3/b7-5+. The highest BCUT2D eigenvalue weighted by molar-refractivity contribution is 5.92. The molecule has 114 valence electrons. The largest absolute Gasteiger partial charge is 0.497 e. The SMILES string of the molecule is COc1ccc(/C=C/C(=O)N2CCN(C)CC2)c(OC)c1. The van der Waals surface area contributed by atoms with Gasteiger partial charge < -0.3 is 19.3 Å².